The van der Waals surface area contributed by atoms with Gasteiger partial charge in [-0.15, -0.1) is 0 Å². The maximum atomic E-state index is 6.34. The zero-order valence-electron chi connectivity index (χ0n) is 16.0. The van der Waals surface area contributed by atoms with E-state index in [0.717, 1.165) is 11.2 Å². The molecule has 1 aromatic heterocycles. The molecule has 0 amide bonds. The molecule has 23 heavy (non-hydrogen) atoms. The fraction of sp³-hybridized carbons (Fsp3) is 0.706. The molecule has 0 bridgehead atoms. The molecule has 1 fully saturated rings. The molecule has 1 aromatic rings. The number of hydrogen-bond acceptors (Lipinski definition) is 4. The summed E-state index contributed by atoms with van der Waals surface area (Å²) >= 11 is 0. The molecule has 1 aliphatic heterocycles. The fourth-order valence-electron chi connectivity index (χ4n) is 2.05. The Morgan fingerprint density at radius 1 is 1.04 bits per heavy atom. The van der Waals surface area contributed by atoms with Crippen molar-refractivity contribution in [3.63, 3.8) is 0 Å². The Labute approximate surface area is 142 Å². The van der Waals surface area contributed by atoms with Crippen molar-refractivity contribution < 1.29 is 13.7 Å². The van der Waals surface area contributed by atoms with Crippen LogP contribution in [0.1, 0.15) is 48.5 Å². The summed E-state index contributed by atoms with van der Waals surface area (Å²) in [4.78, 5) is 4.33. The molecule has 6 heteroatoms. The number of aromatic nitrogens is 1. The van der Waals surface area contributed by atoms with Crippen LogP contribution in [0, 0.1) is 0 Å². The van der Waals surface area contributed by atoms with Crippen LogP contribution in [0.2, 0.25) is 18.1 Å². The molecular weight excluding hydrogens is 305 g/mol. The van der Waals surface area contributed by atoms with Gasteiger partial charge in [-0.05, 0) is 51.9 Å². The molecule has 0 aromatic carbocycles. The first-order valence-corrected chi connectivity index (χ1v) is 11.2. The van der Waals surface area contributed by atoms with Crippen molar-refractivity contribution in [2.24, 2.45) is 0 Å². The molecule has 0 spiro atoms. The molecule has 0 aliphatic carbocycles. The first-order chi connectivity index (χ1) is 10.3. The van der Waals surface area contributed by atoms with Crippen molar-refractivity contribution in [1.29, 1.82) is 0 Å². The van der Waals surface area contributed by atoms with Crippen LogP contribution >= 0.6 is 0 Å². The van der Waals surface area contributed by atoms with Gasteiger partial charge in [0.25, 0.3) is 8.32 Å². The van der Waals surface area contributed by atoms with E-state index in [9.17, 15) is 0 Å². The molecule has 0 unspecified atom stereocenters. The topological polar surface area (TPSA) is 40.6 Å². The fourth-order valence-corrected chi connectivity index (χ4v) is 3.05. The Morgan fingerprint density at radius 3 is 2.04 bits per heavy atom. The highest BCUT2D eigenvalue weighted by Gasteiger charge is 2.52. The lowest BCUT2D eigenvalue weighted by atomic mass is 9.80. The number of nitrogens with zero attached hydrogens (tertiary/aromatic N) is 1. The molecule has 2 rings (SSSR count). The average Bonchev–Trinajstić information content (AvgIpc) is 2.57. The lowest BCUT2D eigenvalue weighted by Crippen LogP contribution is -2.44. The van der Waals surface area contributed by atoms with Crippen LogP contribution in [0.3, 0.4) is 0 Å². The summed E-state index contributed by atoms with van der Waals surface area (Å²) in [5.74, 6) is 0.795. The van der Waals surface area contributed by atoms with E-state index in [1.807, 2.05) is 6.07 Å². The van der Waals surface area contributed by atoms with Gasteiger partial charge in [0.1, 0.15) is 5.75 Å². The van der Waals surface area contributed by atoms with Gasteiger partial charge in [-0.1, -0.05) is 20.8 Å². The van der Waals surface area contributed by atoms with Crippen LogP contribution in [-0.4, -0.2) is 31.6 Å². The third-order valence-corrected chi connectivity index (χ3v) is 9.80. The van der Waals surface area contributed by atoms with Crippen molar-refractivity contribution in [3.8, 4) is 5.75 Å². The summed E-state index contributed by atoms with van der Waals surface area (Å²) in [7, 11) is -2.29. The van der Waals surface area contributed by atoms with Crippen LogP contribution < -0.4 is 9.89 Å². The third kappa shape index (κ3) is 3.64. The van der Waals surface area contributed by atoms with E-state index in [0.29, 0.717) is 0 Å². The molecule has 0 saturated carbocycles. The second kappa shape index (κ2) is 5.60. The van der Waals surface area contributed by atoms with E-state index in [1.165, 1.54) is 0 Å². The predicted molar refractivity (Wildman–Crippen MR) is 97.8 cm³/mol. The summed E-state index contributed by atoms with van der Waals surface area (Å²) < 4.78 is 18.5. The van der Waals surface area contributed by atoms with E-state index in [2.05, 4.69) is 66.5 Å². The third-order valence-electron chi connectivity index (χ3n) is 5.44. The highest BCUT2D eigenvalue weighted by Crippen LogP contribution is 2.38. The lowest BCUT2D eigenvalue weighted by molar-refractivity contribution is 0.00578. The predicted octanol–water partition coefficient (Wildman–Crippen LogP) is 3.76. The Bertz CT molecular complexity index is 565. The second-order valence-electron chi connectivity index (χ2n) is 8.90. The first kappa shape index (κ1) is 18.5. The minimum absolute atomic E-state index is 0.146. The zero-order chi connectivity index (χ0) is 17.7. The minimum atomic E-state index is -1.89. The second-order valence-corrected chi connectivity index (χ2v) is 13.6. The Hall–Kier alpha value is -0.848. The standard InChI is InChI=1S/C17H30BNO3Si/c1-15(2,3)23(8,9)20-14-10-13(11-19-12-14)18-21-16(4,5)17(6,7)22-18/h10-12H,1-9H3. The Kier molecular flexibility index (Phi) is 4.50. The molecule has 128 valence electrons. The van der Waals surface area contributed by atoms with Gasteiger partial charge in [0.2, 0.25) is 0 Å². The number of hydrogen-bond donors (Lipinski definition) is 0. The molecule has 4 nitrogen and oxygen atoms in total. The number of pyridine rings is 1. The average molecular weight is 335 g/mol. The van der Waals surface area contributed by atoms with Gasteiger partial charge in [-0.2, -0.15) is 0 Å². The highest BCUT2D eigenvalue weighted by molar-refractivity contribution is 6.74. The summed E-state index contributed by atoms with van der Waals surface area (Å²) in [5.41, 5.74) is 0.196. The lowest BCUT2D eigenvalue weighted by Gasteiger charge is -2.36. The van der Waals surface area contributed by atoms with Gasteiger partial charge in [0, 0.05) is 11.7 Å². The van der Waals surface area contributed by atoms with Crippen LogP contribution in [0.15, 0.2) is 18.5 Å². The molecule has 2 heterocycles. The van der Waals surface area contributed by atoms with Crippen molar-refractivity contribution in [3.05, 3.63) is 18.5 Å². The van der Waals surface area contributed by atoms with E-state index in [-0.39, 0.29) is 16.2 Å². The van der Waals surface area contributed by atoms with E-state index < -0.39 is 15.4 Å². The van der Waals surface area contributed by atoms with Crippen molar-refractivity contribution in [2.75, 3.05) is 0 Å². The molecule has 0 radical (unpaired) electrons. The Balaban J connectivity index is 2.22. The summed E-state index contributed by atoms with van der Waals surface area (Å²) in [6.07, 6.45) is 3.57. The first-order valence-electron chi connectivity index (χ1n) is 8.25. The molecule has 0 atom stereocenters. The summed E-state index contributed by atoms with van der Waals surface area (Å²) in [5, 5.41) is 0.146. The number of rotatable bonds is 3. The minimum Gasteiger partial charge on any atom is -0.542 e. The molecule has 0 N–H and O–H groups in total. The van der Waals surface area contributed by atoms with Gasteiger partial charge < -0.3 is 13.7 Å². The van der Waals surface area contributed by atoms with Crippen LogP contribution in [-0.2, 0) is 9.31 Å². The van der Waals surface area contributed by atoms with Gasteiger partial charge in [-0.25, -0.2) is 0 Å². The van der Waals surface area contributed by atoms with Crippen molar-refractivity contribution >= 4 is 20.9 Å². The van der Waals surface area contributed by atoms with Crippen molar-refractivity contribution in [2.45, 2.75) is 77.8 Å². The molecule has 1 aliphatic rings. The van der Waals surface area contributed by atoms with Gasteiger partial charge in [0.15, 0.2) is 0 Å². The van der Waals surface area contributed by atoms with Crippen LogP contribution in [0.5, 0.6) is 5.75 Å². The van der Waals surface area contributed by atoms with Gasteiger partial charge >= 0.3 is 7.12 Å². The summed E-state index contributed by atoms with van der Waals surface area (Å²) in [6.45, 7) is 19.3. The van der Waals surface area contributed by atoms with Crippen molar-refractivity contribution in [1.82, 2.24) is 4.98 Å². The summed E-state index contributed by atoms with van der Waals surface area (Å²) in [6, 6.07) is 2.00. The normalized spacial score (nSPS) is 20.7. The monoisotopic (exact) mass is 335 g/mol. The van der Waals surface area contributed by atoms with E-state index in [4.69, 9.17) is 13.7 Å². The van der Waals surface area contributed by atoms with E-state index in [1.54, 1.807) is 12.4 Å². The van der Waals surface area contributed by atoms with Gasteiger partial charge in [0.05, 0.1) is 17.4 Å². The highest BCUT2D eigenvalue weighted by atomic mass is 28.4. The van der Waals surface area contributed by atoms with E-state index >= 15 is 0 Å². The molecule has 1 saturated heterocycles. The quantitative estimate of drug-likeness (QED) is 0.789. The molecular formula is C17H30BNO3Si. The largest absolute Gasteiger partial charge is 0.542 e. The maximum Gasteiger partial charge on any atom is 0.496 e. The smallest absolute Gasteiger partial charge is 0.496 e. The van der Waals surface area contributed by atoms with Gasteiger partial charge in [-0.3, -0.25) is 4.98 Å². The van der Waals surface area contributed by atoms with Crippen LogP contribution in [0.4, 0.5) is 0 Å². The SMILES string of the molecule is CC1(C)OB(c2cncc(O[Si](C)(C)C(C)(C)C)c2)OC1(C)C. The van der Waals surface area contributed by atoms with Crippen LogP contribution in [0.25, 0.3) is 0 Å². The zero-order valence-corrected chi connectivity index (χ0v) is 17.0. The Morgan fingerprint density at radius 2 is 1.57 bits per heavy atom. The maximum absolute atomic E-state index is 6.34.